The predicted octanol–water partition coefficient (Wildman–Crippen LogP) is 5.40. The van der Waals surface area contributed by atoms with Crippen LogP contribution in [0.2, 0.25) is 0 Å². The monoisotopic (exact) mass is 252 g/mol. The van der Waals surface area contributed by atoms with Crippen LogP contribution in [0.3, 0.4) is 0 Å². The molecule has 0 saturated heterocycles. The Hall–Kier alpha value is -0.560. The van der Waals surface area contributed by atoms with Crippen molar-refractivity contribution in [2.45, 2.75) is 77.0 Å². The van der Waals surface area contributed by atoms with Crippen molar-refractivity contribution in [1.82, 2.24) is 0 Å². The van der Waals surface area contributed by atoms with Gasteiger partial charge in [0.05, 0.1) is 0 Å². The van der Waals surface area contributed by atoms with E-state index in [1.165, 1.54) is 70.6 Å². The molecule has 0 aromatic carbocycles. The van der Waals surface area contributed by atoms with Gasteiger partial charge in [0.25, 0.3) is 0 Å². The summed E-state index contributed by atoms with van der Waals surface area (Å²) in [5.41, 5.74) is 0. The van der Waals surface area contributed by atoms with Crippen LogP contribution in [0.5, 0.6) is 0 Å². The van der Waals surface area contributed by atoms with Gasteiger partial charge in [-0.1, -0.05) is 82.6 Å². The first-order valence-corrected chi connectivity index (χ1v) is 7.80. The van der Waals surface area contributed by atoms with Gasteiger partial charge in [0, 0.05) is 6.61 Å². The predicted molar refractivity (Wildman–Crippen MR) is 81.8 cm³/mol. The molecule has 0 amide bonds. The Bertz CT molecular complexity index is 184. The average Bonchev–Trinajstić information content (AvgIpc) is 2.39. The molecule has 0 fully saturated rings. The van der Waals surface area contributed by atoms with Crippen LogP contribution < -0.4 is 0 Å². The van der Waals surface area contributed by atoms with E-state index in [4.69, 9.17) is 5.11 Å². The molecule has 1 N–H and O–H groups in total. The highest BCUT2D eigenvalue weighted by Gasteiger charge is 1.92. The molecule has 0 aliphatic heterocycles. The van der Waals surface area contributed by atoms with Crippen LogP contribution in [0.4, 0.5) is 0 Å². The largest absolute Gasteiger partial charge is 0.396 e. The minimum atomic E-state index is 0.363. The van der Waals surface area contributed by atoms with Crippen LogP contribution in [-0.2, 0) is 0 Å². The average molecular weight is 252 g/mol. The topological polar surface area (TPSA) is 20.2 Å². The molecule has 18 heavy (non-hydrogen) atoms. The van der Waals surface area contributed by atoms with E-state index in [1.807, 2.05) is 12.2 Å². The van der Waals surface area contributed by atoms with Gasteiger partial charge >= 0.3 is 0 Å². The normalized spacial score (nSPS) is 11.2. The van der Waals surface area contributed by atoms with Crippen LogP contribution in [0.25, 0.3) is 0 Å². The molecular weight excluding hydrogens is 220 g/mol. The van der Waals surface area contributed by atoms with Crippen LogP contribution in [0.15, 0.2) is 24.8 Å². The zero-order chi connectivity index (χ0) is 13.3. The van der Waals surface area contributed by atoms with Crippen molar-refractivity contribution in [2.75, 3.05) is 6.61 Å². The van der Waals surface area contributed by atoms with Crippen molar-refractivity contribution in [2.24, 2.45) is 0 Å². The van der Waals surface area contributed by atoms with Crippen molar-refractivity contribution in [1.29, 1.82) is 0 Å². The molecule has 0 atom stereocenters. The van der Waals surface area contributed by atoms with Gasteiger partial charge in [-0.05, 0) is 19.3 Å². The van der Waals surface area contributed by atoms with E-state index >= 15 is 0 Å². The van der Waals surface area contributed by atoms with Crippen molar-refractivity contribution in [3.63, 3.8) is 0 Å². The van der Waals surface area contributed by atoms with Gasteiger partial charge in [0.2, 0.25) is 0 Å². The van der Waals surface area contributed by atoms with Crippen LogP contribution in [0, 0.1) is 0 Å². The van der Waals surface area contributed by atoms with Crippen molar-refractivity contribution in [3.05, 3.63) is 24.8 Å². The molecule has 0 aromatic heterocycles. The first kappa shape index (κ1) is 17.4. The fourth-order valence-electron chi connectivity index (χ4n) is 2.16. The van der Waals surface area contributed by atoms with E-state index in [2.05, 4.69) is 12.7 Å². The minimum Gasteiger partial charge on any atom is -0.396 e. The third-order valence-electron chi connectivity index (χ3n) is 3.30. The second-order valence-corrected chi connectivity index (χ2v) is 5.07. The summed E-state index contributed by atoms with van der Waals surface area (Å²) in [4.78, 5) is 0. The molecule has 1 heteroatoms. The summed E-state index contributed by atoms with van der Waals surface area (Å²) in [5, 5.41) is 8.65. The molecule has 0 aliphatic carbocycles. The summed E-state index contributed by atoms with van der Waals surface area (Å²) in [7, 11) is 0. The number of hydrogen-bond acceptors (Lipinski definition) is 1. The van der Waals surface area contributed by atoms with E-state index in [0.717, 1.165) is 6.42 Å². The fourth-order valence-corrected chi connectivity index (χ4v) is 2.16. The highest BCUT2D eigenvalue weighted by molar-refractivity contribution is 4.96. The van der Waals surface area contributed by atoms with Crippen molar-refractivity contribution in [3.8, 4) is 0 Å². The van der Waals surface area contributed by atoms with Crippen LogP contribution in [-0.4, -0.2) is 11.7 Å². The maximum atomic E-state index is 8.65. The summed E-state index contributed by atoms with van der Waals surface area (Å²) in [5.74, 6) is 0. The van der Waals surface area contributed by atoms with Gasteiger partial charge in [-0.15, -0.1) is 0 Å². The second kappa shape index (κ2) is 16.4. The zero-order valence-electron chi connectivity index (χ0n) is 12.1. The van der Waals surface area contributed by atoms with Gasteiger partial charge in [-0.2, -0.15) is 0 Å². The number of allylic oxidation sites excluding steroid dienone is 3. The lowest BCUT2D eigenvalue weighted by atomic mass is 10.1. The van der Waals surface area contributed by atoms with Gasteiger partial charge in [-0.3, -0.25) is 0 Å². The highest BCUT2D eigenvalue weighted by Crippen LogP contribution is 2.11. The van der Waals surface area contributed by atoms with Gasteiger partial charge in [0.1, 0.15) is 0 Å². The van der Waals surface area contributed by atoms with Crippen LogP contribution in [0.1, 0.15) is 77.0 Å². The summed E-state index contributed by atoms with van der Waals surface area (Å²) in [6.07, 6.45) is 21.8. The Morgan fingerprint density at radius 1 is 0.667 bits per heavy atom. The molecule has 106 valence electrons. The van der Waals surface area contributed by atoms with E-state index in [-0.39, 0.29) is 0 Å². The molecule has 0 rings (SSSR count). The Kier molecular flexibility index (Phi) is 15.9. The van der Waals surface area contributed by atoms with Gasteiger partial charge in [0.15, 0.2) is 0 Å². The maximum Gasteiger partial charge on any atom is 0.0431 e. The first-order valence-electron chi connectivity index (χ1n) is 7.80. The summed E-state index contributed by atoms with van der Waals surface area (Å²) in [6, 6.07) is 0. The number of rotatable bonds is 14. The Morgan fingerprint density at radius 3 is 1.56 bits per heavy atom. The van der Waals surface area contributed by atoms with Gasteiger partial charge < -0.3 is 5.11 Å². The van der Waals surface area contributed by atoms with E-state index in [0.29, 0.717) is 6.61 Å². The lowest BCUT2D eigenvalue weighted by Gasteiger charge is -2.02. The second-order valence-electron chi connectivity index (χ2n) is 5.07. The van der Waals surface area contributed by atoms with Crippen molar-refractivity contribution < 1.29 is 5.11 Å². The van der Waals surface area contributed by atoms with E-state index in [1.54, 1.807) is 0 Å². The molecule has 0 radical (unpaired) electrons. The lowest BCUT2D eigenvalue weighted by molar-refractivity contribution is 0.282. The third kappa shape index (κ3) is 15.4. The first-order chi connectivity index (χ1) is 8.91. The maximum absolute atomic E-state index is 8.65. The molecule has 0 spiro atoms. The molecule has 0 aliphatic rings. The summed E-state index contributed by atoms with van der Waals surface area (Å²) >= 11 is 0. The number of unbranched alkanes of at least 4 members (excludes halogenated alkanes) is 11. The molecule has 0 saturated carbocycles. The van der Waals surface area contributed by atoms with Crippen molar-refractivity contribution >= 4 is 0 Å². The molecule has 1 nitrogen and oxygen atoms in total. The number of aliphatic hydroxyl groups excluding tert-OH is 1. The Labute approximate surface area is 114 Å². The molecular formula is C17H32O. The van der Waals surface area contributed by atoms with E-state index in [9.17, 15) is 0 Å². The van der Waals surface area contributed by atoms with Crippen LogP contribution >= 0.6 is 0 Å². The molecule has 0 bridgehead atoms. The van der Waals surface area contributed by atoms with Gasteiger partial charge in [-0.25, -0.2) is 0 Å². The lowest BCUT2D eigenvalue weighted by Crippen LogP contribution is -1.84. The summed E-state index contributed by atoms with van der Waals surface area (Å²) in [6.45, 7) is 4.02. The van der Waals surface area contributed by atoms with E-state index < -0.39 is 0 Å². The Morgan fingerprint density at radius 2 is 1.11 bits per heavy atom. The fraction of sp³-hybridized carbons (Fsp3) is 0.765. The number of hydrogen-bond donors (Lipinski definition) is 1. The molecule has 0 unspecified atom stereocenters. The summed E-state index contributed by atoms with van der Waals surface area (Å²) < 4.78 is 0. The smallest absolute Gasteiger partial charge is 0.0431 e. The quantitative estimate of drug-likeness (QED) is 0.324. The number of aliphatic hydroxyl groups is 1. The standard InChI is InChI=1S/C17H32O/c1-2-3-4-5-6-7-8-9-10-11-12-13-14-15-16-17-18/h2-4,18H,1,5-17H2. The zero-order valence-corrected chi connectivity index (χ0v) is 12.1. The third-order valence-corrected chi connectivity index (χ3v) is 3.30. The molecule has 0 heterocycles. The minimum absolute atomic E-state index is 0.363. The SMILES string of the molecule is C=CC=CCCCCCCCCCCCCCO. The highest BCUT2D eigenvalue weighted by atomic mass is 16.2. The Balaban J connectivity index is 2.94. The molecule has 0 aromatic rings.